The predicted molar refractivity (Wildman–Crippen MR) is 142 cm³/mol. The number of aromatic nitrogens is 1. The number of pyridine rings is 1. The maximum atomic E-state index is 13.8. The molecule has 6 heteroatoms. The van der Waals surface area contributed by atoms with Gasteiger partial charge in [-0.25, -0.2) is 0 Å². The number of nitrogens with zero attached hydrogens (tertiary/aromatic N) is 3. The van der Waals surface area contributed by atoms with Gasteiger partial charge in [0.25, 0.3) is 5.91 Å². The Kier molecular flexibility index (Phi) is 7.92. The number of carbonyl (C=O) groups is 1. The van der Waals surface area contributed by atoms with Crippen LogP contribution >= 0.6 is 0 Å². The SMILES string of the molecule is COCc1c(C(=O)N2CCN(C3CCc4ccccc4C3)CC2)c(=O)cc(C)n1CC1CCCCC1. The molecular formula is C30H41N3O3. The quantitative estimate of drug-likeness (QED) is 0.608. The molecular weight excluding hydrogens is 450 g/mol. The Balaban J connectivity index is 1.31. The first-order chi connectivity index (χ1) is 17.5. The van der Waals surface area contributed by atoms with Crippen molar-refractivity contribution in [1.82, 2.24) is 14.4 Å². The first-order valence-electron chi connectivity index (χ1n) is 13.9. The van der Waals surface area contributed by atoms with Gasteiger partial charge in [0.2, 0.25) is 0 Å². The van der Waals surface area contributed by atoms with Crippen LogP contribution in [0, 0.1) is 12.8 Å². The molecule has 1 saturated heterocycles. The molecule has 2 fully saturated rings. The van der Waals surface area contributed by atoms with E-state index in [1.54, 1.807) is 13.2 Å². The van der Waals surface area contributed by atoms with Gasteiger partial charge in [0.15, 0.2) is 5.43 Å². The zero-order valence-corrected chi connectivity index (χ0v) is 22.0. The predicted octanol–water partition coefficient (Wildman–Crippen LogP) is 4.20. The van der Waals surface area contributed by atoms with Gasteiger partial charge in [-0.15, -0.1) is 0 Å². The number of benzene rings is 1. The largest absolute Gasteiger partial charge is 0.378 e. The molecule has 5 rings (SSSR count). The zero-order valence-electron chi connectivity index (χ0n) is 22.0. The van der Waals surface area contributed by atoms with Crippen molar-refractivity contribution < 1.29 is 9.53 Å². The lowest BCUT2D eigenvalue weighted by atomic mass is 9.87. The second-order valence-electron chi connectivity index (χ2n) is 11.0. The van der Waals surface area contributed by atoms with E-state index in [9.17, 15) is 9.59 Å². The number of aryl methyl sites for hydroxylation is 2. The van der Waals surface area contributed by atoms with Crippen LogP contribution in [0.1, 0.15) is 71.4 Å². The summed E-state index contributed by atoms with van der Waals surface area (Å²) in [6.45, 7) is 6.19. The van der Waals surface area contributed by atoms with Gasteiger partial charge < -0.3 is 14.2 Å². The Bertz CT molecular complexity index is 1130. The van der Waals surface area contributed by atoms with E-state index in [-0.39, 0.29) is 17.9 Å². The van der Waals surface area contributed by atoms with Crippen LogP contribution in [0.25, 0.3) is 0 Å². The molecule has 2 heterocycles. The third-order valence-corrected chi connectivity index (χ3v) is 8.73. The molecule has 1 aromatic heterocycles. The summed E-state index contributed by atoms with van der Waals surface area (Å²) in [4.78, 5) is 31.4. The zero-order chi connectivity index (χ0) is 25.1. The summed E-state index contributed by atoms with van der Waals surface area (Å²) in [5.41, 5.74) is 4.78. The molecule has 2 aliphatic carbocycles. The highest BCUT2D eigenvalue weighted by molar-refractivity contribution is 5.95. The molecule has 0 spiro atoms. The van der Waals surface area contributed by atoms with E-state index in [0.29, 0.717) is 30.6 Å². The van der Waals surface area contributed by atoms with Gasteiger partial charge in [-0.3, -0.25) is 14.5 Å². The summed E-state index contributed by atoms with van der Waals surface area (Å²) < 4.78 is 7.73. The van der Waals surface area contributed by atoms with Crippen LogP contribution in [0.15, 0.2) is 35.1 Å². The third-order valence-electron chi connectivity index (χ3n) is 8.73. The van der Waals surface area contributed by atoms with Gasteiger partial charge in [0.1, 0.15) is 5.56 Å². The molecule has 194 valence electrons. The average Bonchev–Trinajstić information content (AvgIpc) is 2.91. The molecule has 2 aromatic rings. The van der Waals surface area contributed by atoms with E-state index < -0.39 is 0 Å². The Morgan fingerprint density at radius 1 is 1.00 bits per heavy atom. The molecule has 0 bridgehead atoms. The summed E-state index contributed by atoms with van der Waals surface area (Å²) in [6.07, 6.45) is 9.68. The number of ether oxygens (including phenoxy) is 1. The Labute approximate surface area is 215 Å². The van der Waals surface area contributed by atoms with Crippen LogP contribution in [0.5, 0.6) is 0 Å². The number of methoxy groups -OCH3 is 1. The van der Waals surface area contributed by atoms with E-state index in [0.717, 1.165) is 43.9 Å². The summed E-state index contributed by atoms with van der Waals surface area (Å²) in [7, 11) is 1.65. The minimum absolute atomic E-state index is 0.127. The minimum Gasteiger partial charge on any atom is -0.378 e. The van der Waals surface area contributed by atoms with Gasteiger partial charge in [0.05, 0.1) is 12.3 Å². The molecule has 0 N–H and O–H groups in total. The number of rotatable bonds is 6. The van der Waals surface area contributed by atoms with Crippen molar-refractivity contribution in [3.05, 3.63) is 68.6 Å². The number of carbonyl (C=O) groups excluding carboxylic acids is 1. The lowest BCUT2D eigenvalue weighted by molar-refractivity contribution is 0.0546. The van der Waals surface area contributed by atoms with E-state index in [2.05, 4.69) is 33.7 Å². The van der Waals surface area contributed by atoms with Gasteiger partial charge >= 0.3 is 0 Å². The maximum Gasteiger partial charge on any atom is 0.259 e. The van der Waals surface area contributed by atoms with Crippen molar-refractivity contribution in [3.8, 4) is 0 Å². The topological polar surface area (TPSA) is 54.8 Å². The molecule has 1 atom stereocenters. The molecule has 1 amide bonds. The summed E-state index contributed by atoms with van der Waals surface area (Å²) in [6, 6.07) is 11.0. The summed E-state index contributed by atoms with van der Waals surface area (Å²) in [5.74, 6) is 0.473. The van der Waals surface area contributed by atoms with Crippen molar-refractivity contribution in [2.75, 3.05) is 33.3 Å². The standard InChI is InChI=1S/C30H41N3O3/c1-22-18-28(34)29(27(21-36-2)33(22)20-23-8-4-3-5-9-23)30(35)32-16-14-31(15-17-32)26-13-12-24-10-6-7-11-25(24)19-26/h6-7,10-11,18,23,26H,3-5,8-9,12-17,19-21H2,1-2H3. The highest BCUT2D eigenvalue weighted by Gasteiger charge is 2.31. The molecule has 1 saturated carbocycles. The van der Waals surface area contributed by atoms with Crippen molar-refractivity contribution in [1.29, 1.82) is 0 Å². The molecule has 1 aliphatic heterocycles. The fourth-order valence-corrected chi connectivity index (χ4v) is 6.67. The second kappa shape index (κ2) is 11.3. The van der Waals surface area contributed by atoms with Crippen LogP contribution in [-0.2, 0) is 30.7 Å². The minimum atomic E-state index is -0.171. The normalized spacial score (nSPS) is 21.4. The van der Waals surface area contributed by atoms with E-state index >= 15 is 0 Å². The monoisotopic (exact) mass is 491 g/mol. The molecule has 1 aromatic carbocycles. The molecule has 36 heavy (non-hydrogen) atoms. The Morgan fingerprint density at radius 2 is 1.72 bits per heavy atom. The fraction of sp³-hybridized carbons (Fsp3) is 0.600. The first-order valence-corrected chi connectivity index (χ1v) is 13.9. The van der Waals surface area contributed by atoms with Crippen LogP contribution in [0.2, 0.25) is 0 Å². The van der Waals surface area contributed by atoms with Crippen molar-refractivity contribution >= 4 is 5.91 Å². The van der Waals surface area contributed by atoms with Gasteiger partial charge in [-0.2, -0.15) is 0 Å². The number of amides is 1. The summed E-state index contributed by atoms with van der Waals surface area (Å²) >= 11 is 0. The van der Waals surface area contributed by atoms with E-state index in [1.807, 2.05) is 11.8 Å². The lowest BCUT2D eigenvalue weighted by Crippen LogP contribution is -2.53. The smallest absolute Gasteiger partial charge is 0.259 e. The van der Waals surface area contributed by atoms with Crippen LogP contribution in [0.3, 0.4) is 0 Å². The van der Waals surface area contributed by atoms with Crippen molar-refractivity contribution in [2.45, 2.75) is 77.5 Å². The maximum absolute atomic E-state index is 13.8. The highest BCUT2D eigenvalue weighted by atomic mass is 16.5. The Morgan fingerprint density at radius 3 is 2.44 bits per heavy atom. The molecule has 0 radical (unpaired) electrons. The fourth-order valence-electron chi connectivity index (χ4n) is 6.67. The van der Waals surface area contributed by atoms with Crippen LogP contribution < -0.4 is 5.43 Å². The number of piperazine rings is 1. The second-order valence-corrected chi connectivity index (χ2v) is 11.0. The molecule has 3 aliphatic rings. The van der Waals surface area contributed by atoms with Gasteiger partial charge in [-0.1, -0.05) is 43.5 Å². The van der Waals surface area contributed by atoms with Crippen LogP contribution in [0.4, 0.5) is 0 Å². The Hall–Kier alpha value is -2.44. The number of hydrogen-bond donors (Lipinski definition) is 0. The van der Waals surface area contributed by atoms with Gasteiger partial charge in [-0.05, 0) is 56.1 Å². The molecule has 6 nitrogen and oxygen atoms in total. The van der Waals surface area contributed by atoms with Crippen molar-refractivity contribution in [2.24, 2.45) is 5.92 Å². The number of hydrogen-bond acceptors (Lipinski definition) is 4. The average molecular weight is 492 g/mol. The summed E-state index contributed by atoms with van der Waals surface area (Å²) in [5, 5.41) is 0. The van der Waals surface area contributed by atoms with Crippen molar-refractivity contribution in [3.63, 3.8) is 0 Å². The van der Waals surface area contributed by atoms with E-state index in [4.69, 9.17) is 4.74 Å². The lowest BCUT2D eigenvalue weighted by Gasteiger charge is -2.41. The third kappa shape index (κ3) is 5.30. The van der Waals surface area contributed by atoms with Crippen LogP contribution in [-0.4, -0.2) is 59.6 Å². The first kappa shape index (κ1) is 25.2. The van der Waals surface area contributed by atoms with E-state index in [1.165, 1.54) is 49.7 Å². The highest BCUT2D eigenvalue weighted by Crippen LogP contribution is 2.28. The number of fused-ring (bicyclic) bond motifs is 1. The molecule has 1 unspecified atom stereocenters. The van der Waals surface area contributed by atoms with Gasteiger partial charge in [0, 0.05) is 57.6 Å².